The number of anilines is 1. The van der Waals surface area contributed by atoms with E-state index in [1.54, 1.807) is 43.3 Å². The van der Waals surface area contributed by atoms with Gasteiger partial charge in [0.15, 0.2) is 11.5 Å². The van der Waals surface area contributed by atoms with Crippen LogP contribution in [-0.4, -0.2) is 43.7 Å². The van der Waals surface area contributed by atoms with Gasteiger partial charge in [0.2, 0.25) is 0 Å². The molecule has 3 aromatic rings. The van der Waals surface area contributed by atoms with Gasteiger partial charge in [0.05, 0.1) is 31.1 Å². The van der Waals surface area contributed by atoms with Crippen molar-refractivity contribution in [1.29, 1.82) is 0 Å². The Morgan fingerprint density at radius 3 is 2.44 bits per heavy atom. The van der Waals surface area contributed by atoms with Crippen LogP contribution < -0.4 is 20.2 Å². The number of hydrazone groups is 1. The van der Waals surface area contributed by atoms with Gasteiger partial charge in [0.25, 0.3) is 0 Å². The van der Waals surface area contributed by atoms with Crippen molar-refractivity contribution < 1.29 is 33.4 Å². The van der Waals surface area contributed by atoms with Crippen LogP contribution in [0.15, 0.2) is 47.6 Å². The largest absolute Gasteiger partial charge is 0.493 e. The van der Waals surface area contributed by atoms with E-state index >= 15 is 0 Å². The zero-order valence-electron chi connectivity index (χ0n) is 21.9. The van der Waals surface area contributed by atoms with Crippen molar-refractivity contribution >= 4 is 45.8 Å². The first-order valence-corrected chi connectivity index (χ1v) is 12.9. The van der Waals surface area contributed by atoms with Crippen LogP contribution in [0.2, 0.25) is 0 Å². The summed E-state index contributed by atoms with van der Waals surface area (Å²) in [7, 11) is 2.71. The number of benzene rings is 2. The minimum Gasteiger partial charge on any atom is -0.493 e. The van der Waals surface area contributed by atoms with Gasteiger partial charge in [-0.05, 0) is 69.0 Å². The highest BCUT2D eigenvalue weighted by Crippen LogP contribution is 2.39. The molecule has 2 amide bonds. The molecule has 10 nitrogen and oxygen atoms in total. The molecular weight excluding hydrogens is 522 g/mol. The molecule has 39 heavy (non-hydrogen) atoms. The topological polar surface area (TPSA) is 132 Å². The van der Waals surface area contributed by atoms with Crippen LogP contribution in [0.25, 0.3) is 0 Å². The Morgan fingerprint density at radius 2 is 1.72 bits per heavy atom. The summed E-state index contributed by atoms with van der Waals surface area (Å²) in [5, 5.41) is 6.80. The molecule has 4 rings (SSSR count). The molecule has 1 aromatic heterocycles. The quantitative estimate of drug-likeness (QED) is 0.149. The number of nitrogens with zero attached hydrogens (tertiary/aromatic N) is 1. The van der Waals surface area contributed by atoms with E-state index in [2.05, 4.69) is 15.8 Å². The first-order chi connectivity index (χ1) is 18.7. The molecule has 1 aliphatic rings. The molecule has 202 valence electrons. The Kier molecular flexibility index (Phi) is 8.40. The van der Waals surface area contributed by atoms with Crippen LogP contribution in [0.4, 0.5) is 5.00 Å². The van der Waals surface area contributed by atoms with Gasteiger partial charge in [-0.3, -0.25) is 9.59 Å². The van der Waals surface area contributed by atoms with Gasteiger partial charge in [-0.2, -0.15) is 5.10 Å². The second-order valence-corrected chi connectivity index (χ2v) is 9.88. The molecule has 0 radical (unpaired) electrons. The number of aryl methyl sites for hydroxylation is 2. The van der Waals surface area contributed by atoms with Gasteiger partial charge in [-0.25, -0.2) is 15.0 Å². The third kappa shape index (κ3) is 6.15. The maximum Gasteiger partial charge on any atom is 0.343 e. The summed E-state index contributed by atoms with van der Waals surface area (Å²) < 4.78 is 15.7. The summed E-state index contributed by atoms with van der Waals surface area (Å²) in [4.78, 5) is 50.8. The van der Waals surface area contributed by atoms with Crippen LogP contribution in [-0.2, 0) is 27.2 Å². The number of rotatable bonds is 7. The first kappa shape index (κ1) is 27.5. The SMILES string of the molecule is COC(=O)c1c(NC(=O)C(=O)NN=C(C)c2ccc(OC(=O)c3cccc(C)c3)c(OC)c2)sc2c1CCC2. The molecule has 2 N–H and O–H groups in total. The molecule has 11 heteroatoms. The Bertz CT molecular complexity index is 1490. The predicted molar refractivity (Wildman–Crippen MR) is 146 cm³/mol. The van der Waals surface area contributed by atoms with Gasteiger partial charge in [0, 0.05) is 10.4 Å². The van der Waals surface area contributed by atoms with Crippen molar-refractivity contribution in [2.45, 2.75) is 33.1 Å². The van der Waals surface area contributed by atoms with Crippen LogP contribution in [0.3, 0.4) is 0 Å². The van der Waals surface area contributed by atoms with Crippen LogP contribution in [0.5, 0.6) is 11.5 Å². The fourth-order valence-electron chi connectivity index (χ4n) is 4.13. The monoisotopic (exact) mass is 549 g/mol. The van der Waals surface area contributed by atoms with Crippen molar-refractivity contribution in [2.24, 2.45) is 5.10 Å². The van der Waals surface area contributed by atoms with Crippen molar-refractivity contribution in [3.63, 3.8) is 0 Å². The average molecular weight is 550 g/mol. The number of thiophene rings is 1. The van der Waals surface area contributed by atoms with Crippen molar-refractivity contribution in [1.82, 2.24) is 5.43 Å². The third-order valence-corrected chi connectivity index (χ3v) is 7.31. The summed E-state index contributed by atoms with van der Waals surface area (Å²) in [6, 6.07) is 11.8. The molecule has 0 saturated heterocycles. The maximum atomic E-state index is 12.5. The summed E-state index contributed by atoms with van der Waals surface area (Å²) in [5.41, 5.74) is 5.65. The van der Waals surface area contributed by atoms with Crippen molar-refractivity contribution in [2.75, 3.05) is 19.5 Å². The molecule has 0 saturated carbocycles. The normalized spacial score (nSPS) is 12.4. The molecule has 0 bridgehead atoms. The fraction of sp³-hybridized carbons (Fsp3) is 0.250. The van der Waals surface area contributed by atoms with Crippen molar-refractivity contribution in [3.05, 3.63) is 75.2 Å². The number of amides is 2. The molecule has 0 spiro atoms. The third-order valence-electron chi connectivity index (χ3n) is 6.11. The highest BCUT2D eigenvalue weighted by atomic mass is 32.1. The standard InChI is InChI=1S/C28H27N3O7S/c1-15-7-5-8-18(13-15)27(34)38-20-12-11-17(14-21(20)36-3)16(2)30-31-25(33)24(32)29-26-23(28(35)37-4)19-9-6-10-22(19)39-26/h5,7-8,11-14H,6,9-10H2,1-4H3,(H,29,32)(H,31,33). The summed E-state index contributed by atoms with van der Waals surface area (Å²) >= 11 is 1.27. The van der Waals surface area contributed by atoms with E-state index in [0.717, 1.165) is 35.3 Å². The van der Waals surface area contributed by atoms with Gasteiger partial charge < -0.3 is 19.5 Å². The number of nitrogens with one attached hydrogen (secondary N) is 2. The number of esters is 2. The molecule has 0 fully saturated rings. The number of hydrogen-bond donors (Lipinski definition) is 2. The van der Waals surface area contributed by atoms with Gasteiger partial charge in [-0.1, -0.05) is 17.7 Å². The number of hydrogen-bond acceptors (Lipinski definition) is 9. The number of fused-ring (bicyclic) bond motifs is 1. The Balaban J connectivity index is 1.43. The van der Waals surface area contributed by atoms with E-state index in [1.807, 2.05) is 13.0 Å². The lowest BCUT2D eigenvalue weighted by Gasteiger charge is -2.11. The molecule has 0 aliphatic heterocycles. The van der Waals surface area contributed by atoms with E-state index in [0.29, 0.717) is 22.4 Å². The van der Waals surface area contributed by atoms with Crippen molar-refractivity contribution in [3.8, 4) is 11.5 Å². The first-order valence-electron chi connectivity index (χ1n) is 12.1. The Labute approximate surface area is 229 Å². The summed E-state index contributed by atoms with van der Waals surface area (Å²) in [6.45, 7) is 3.51. The fourth-order valence-corrected chi connectivity index (χ4v) is 5.40. The van der Waals surface area contributed by atoms with Gasteiger partial charge >= 0.3 is 23.8 Å². The highest BCUT2D eigenvalue weighted by Gasteiger charge is 2.29. The Hall–Kier alpha value is -4.51. The summed E-state index contributed by atoms with van der Waals surface area (Å²) in [5.74, 6) is -2.55. The molecule has 2 aromatic carbocycles. The second-order valence-electron chi connectivity index (χ2n) is 8.77. The van der Waals surface area contributed by atoms with E-state index in [4.69, 9.17) is 14.2 Å². The predicted octanol–water partition coefficient (Wildman–Crippen LogP) is 4.04. The van der Waals surface area contributed by atoms with Gasteiger partial charge in [-0.15, -0.1) is 11.3 Å². The van der Waals surface area contributed by atoms with E-state index in [9.17, 15) is 19.2 Å². The smallest absolute Gasteiger partial charge is 0.343 e. The number of methoxy groups -OCH3 is 2. The van der Waals surface area contributed by atoms with Crippen LogP contribution in [0, 0.1) is 6.92 Å². The lowest BCUT2D eigenvalue weighted by molar-refractivity contribution is -0.136. The van der Waals surface area contributed by atoms with Gasteiger partial charge in [0.1, 0.15) is 5.00 Å². The molecular formula is C28H27N3O7S. The highest BCUT2D eigenvalue weighted by molar-refractivity contribution is 7.17. The molecule has 1 heterocycles. The van der Waals surface area contributed by atoms with Crippen LogP contribution >= 0.6 is 11.3 Å². The Morgan fingerprint density at radius 1 is 0.923 bits per heavy atom. The molecule has 0 atom stereocenters. The van der Waals surface area contributed by atoms with E-state index < -0.39 is 23.8 Å². The lowest BCUT2D eigenvalue weighted by Crippen LogP contribution is -2.33. The maximum absolute atomic E-state index is 12.5. The number of ether oxygens (including phenoxy) is 3. The minimum absolute atomic E-state index is 0.216. The number of carbonyl (C=O) groups excluding carboxylic acids is 4. The zero-order chi connectivity index (χ0) is 28.1. The molecule has 0 unspecified atom stereocenters. The lowest BCUT2D eigenvalue weighted by atomic mass is 10.1. The van der Waals surface area contributed by atoms with E-state index in [1.165, 1.54) is 25.6 Å². The van der Waals surface area contributed by atoms with E-state index in [-0.39, 0.29) is 16.5 Å². The molecule has 1 aliphatic carbocycles. The summed E-state index contributed by atoms with van der Waals surface area (Å²) in [6.07, 6.45) is 2.45. The average Bonchev–Trinajstić information content (AvgIpc) is 3.52. The zero-order valence-corrected chi connectivity index (χ0v) is 22.7. The number of carbonyl (C=O) groups is 4. The second kappa shape index (κ2) is 11.9. The van der Waals surface area contributed by atoms with Crippen LogP contribution in [0.1, 0.15) is 55.6 Å². The minimum atomic E-state index is -1.01.